The number of nitrogens with one attached hydrogen (secondary N) is 1. The topological polar surface area (TPSA) is 61.6 Å². The molecule has 1 saturated heterocycles. The average Bonchev–Trinajstić information content (AvgIpc) is 2.76. The number of nitrogens with zero attached hydrogens (tertiary/aromatic N) is 3. The van der Waals surface area contributed by atoms with Gasteiger partial charge in [0.25, 0.3) is 0 Å². The van der Waals surface area contributed by atoms with Gasteiger partial charge < -0.3 is 19.6 Å². The molecule has 0 aromatic carbocycles. The quantitative estimate of drug-likeness (QED) is 0.807. The van der Waals surface area contributed by atoms with Gasteiger partial charge >= 0.3 is 0 Å². The SMILES string of the molecule is Cc1cc(CNCC(=O)N2CCN(C)CC2)no1. The normalized spacial score (nSPS) is 17.1. The first kappa shape index (κ1) is 13.0. The van der Waals surface area contributed by atoms with Crippen molar-refractivity contribution in [2.24, 2.45) is 0 Å². The molecule has 100 valence electrons. The van der Waals surface area contributed by atoms with E-state index >= 15 is 0 Å². The van der Waals surface area contributed by atoms with E-state index in [0.29, 0.717) is 13.1 Å². The van der Waals surface area contributed by atoms with Crippen molar-refractivity contribution in [2.75, 3.05) is 39.8 Å². The van der Waals surface area contributed by atoms with Crippen LogP contribution in [0, 0.1) is 6.92 Å². The smallest absolute Gasteiger partial charge is 0.236 e. The highest BCUT2D eigenvalue weighted by Crippen LogP contribution is 2.01. The Morgan fingerprint density at radius 3 is 2.78 bits per heavy atom. The summed E-state index contributed by atoms with van der Waals surface area (Å²) in [6, 6.07) is 1.87. The van der Waals surface area contributed by atoms with Gasteiger partial charge in [-0.3, -0.25) is 4.79 Å². The Morgan fingerprint density at radius 1 is 1.44 bits per heavy atom. The van der Waals surface area contributed by atoms with Crippen LogP contribution in [0.2, 0.25) is 0 Å². The second-order valence-electron chi connectivity index (χ2n) is 4.72. The molecule has 0 saturated carbocycles. The molecule has 1 aromatic rings. The Morgan fingerprint density at radius 2 is 2.17 bits per heavy atom. The summed E-state index contributed by atoms with van der Waals surface area (Å²) in [6.07, 6.45) is 0. The van der Waals surface area contributed by atoms with E-state index in [1.807, 2.05) is 17.9 Å². The fourth-order valence-electron chi connectivity index (χ4n) is 1.97. The summed E-state index contributed by atoms with van der Waals surface area (Å²) < 4.78 is 4.96. The number of aromatic nitrogens is 1. The third kappa shape index (κ3) is 3.54. The van der Waals surface area contributed by atoms with E-state index < -0.39 is 0 Å². The molecule has 0 spiro atoms. The maximum absolute atomic E-state index is 11.9. The van der Waals surface area contributed by atoms with E-state index in [-0.39, 0.29) is 5.91 Å². The highest BCUT2D eigenvalue weighted by molar-refractivity contribution is 5.78. The lowest BCUT2D eigenvalue weighted by Crippen LogP contribution is -2.49. The molecule has 0 unspecified atom stereocenters. The van der Waals surface area contributed by atoms with E-state index in [4.69, 9.17) is 4.52 Å². The summed E-state index contributed by atoms with van der Waals surface area (Å²) in [5.74, 6) is 0.945. The van der Waals surface area contributed by atoms with Crippen molar-refractivity contribution in [3.63, 3.8) is 0 Å². The van der Waals surface area contributed by atoms with Crippen LogP contribution in [0.4, 0.5) is 0 Å². The van der Waals surface area contributed by atoms with Gasteiger partial charge in [-0.2, -0.15) is 0 Å². The molecule has 6 heteroatoms. The summed E-state index contributed by atoms with van der Waals surface area (Å²) in [7, 11) is 2.08. The third-order valence-electron chi connectivity index (χ3n) is 3.12. The molecule has 1 aliphatic heterocycles. The van der Waals surface area contributed by atoms with Crippen molar-refractivity contribution < 1.29 is 9.32 Å². The van der Waals surface area contributed by atoms with E-state index in [2.05, 4.69) is 22.4 Å². The van der Waals surface area contributed by atoms with Crippen molar-refractivity contribution >= 4 is 5.91 Å². The van der Waals surface area contributed by atoms with Crippen LogP contribution in [0.15, 0.2) is 10.6 Å². The molecule has 1 aliphatic rings. The van der Waals surface area contributed by atoms with Gasteiger partial charge in [0.05, 0.1) is 12.2 Å². The number of hydrogen-bond donors (Lipinski definition) is 1. The molecule has 1 aromatic heterocycles. The standard InChI is InChI=1S/C12H20N4O2/c1-10-7-11(14-18-10)8-13-9-12(17)16-5-3-15(2)4-6-16/h7,13H,3-6,8-9H2,1-2H3. The van der Waals surface area contributed by atoms with Crippen LogP contribution in [-0.2, 0) is 11.3 Å². The molecule has 1 amide bonds. The Bertz CT molecular complexity index is 397. The van der Waals surface area contributed by atoms with Crippen LogP contribution in [-0.4, -0.2) is 60.6 Å². The number of piperazine rings is 1. The molecule has 2 rings (SSSR count). The summed E-state index contributed by atoms with van der Waals surface area (Å²) in [4.78, 5) is 16.0. The number of aryl methyl sites for hydroxylation is 1. The van der Waals surface area contributed by atoms with Gasteiger partial charge in [-0.25, -0.2) is 0 Å². The van der Waals surface area contributed by atoms with Crippen molar-refractivity contribution in [3.05, 3.63) is 17.5 Å². The largest absolute Gasteiger partial charge is 0.361 e. The highest BCUT2D eigenvalue weighted by atomic mass is 16.5. The maximum atomic E-state index is 11.9. The van der Waals surface area contributed by atoms with E-state index in [0.717, 1.165) is 37.6 Å². The highest BCUT2D eigenvalue weighted by Gasteiger charge is 2.18. The zero-order valence-corrected chi connectivity index (χ0v) is 11.0. The Labute approximate surface area is 107 Å². The average molecular weight is 252 g/mol. The number of carbonyl (C=O) groups is 1. The molecule has 6 nitrogen and oxygen atoms in total. The van der Waals surface area contributed by atoms with Crippen molar-refractivity contribution in [1.29, 1.82) is 0 Å². The summed E-state index contributed by atoms with van der Waals surface area (Å²) in [5.41, 5.74) is 0.832. The lowest BCUT2D eigenvalue weighted by Gasteiger charge is -2.32. The van der Waals surface area contributed by atoms with Gasteiger partial charge in [-0.05, 0) is 14.0 Å². The minimum Gasteiger partial charge on any atom is -0.361 e. The summed E-state index contributed by atoms with van der Waals surface area (Å²) in [5, 5.41) is 6.96. The zero-order valence-electron chi connectivity index (χ0n) is 11.0. The Hall–Kier alpha value is -1.40. The summed E-state index contributed by atoms with van der Waals surface area (Å²) >= 11 is 0. The molecular weight excluding hydrogens is 232 g/mol. The van der Waals surface area contributed by atoms with Crippen LogP contribution in [0.25, 0.3) is 0 Å². The summed E-state index contributed by atoms with van der Waals surface area (Å²) in [6.45, 7) is 6.32. The van der Waals surface area contributed by atoms with E-state index in [1.54, 1.807) is 0 Å². The van der Waals surface area contributed by atoms with Gasteiger partial charge in [0.15, 0.2) is 0 Å². The fourth-order valence-corrected chi connectivity index (χ4v) is 1.97. The number of carbonyl (C=O) groups excluding carboxylic acids is 1. The molecule has 1 N–H and O–H groups in total. The van der Waals surface area contributed by atoms with Gasteiger partial charge in [-0.15, -0.1) is 0 Å². The predicted molar refractivity (Wildman–Crippen MR) is 67.0 cm³/mol. The maximum Gasteiger partial charge on any atom is 0.236 e. The molecule has 0 aliphatic carbocycles. The minimum absolute atomic E-state index is 0.156. The van der Waals surface area contributed by atoms with Crippen LogP contribution >= 0.6 is 0 Å². The first-order chi connectivity index (χ1) is 8.65. The fraction of sp³-hybridized carbons (Fsp3) is 0.667. The minimum atomic E-state index is 0.156. The molecule has 2 heterocycles. The number of likely N-dealkylation sites (N-methyl/N-ethyl adjacent to an activating group) is 1. The molecule has 18 heavy (non-hydrogen) atoms. The van der Waals surface area contributed by atoms with Gasteiger partial charge in [0.1, 0.15) is 5.76 Å². The van der Waals surface area contributed by atoms with Gasteiger partial charge in [-0.1, -0.05) is 5.16 Å². The number of amides is 1. The zero-order chi connectivity index (χ0) is 13.0. The van der Waals surface area contributed by atoms with Crippen molar-refractivity contribution in [3.8, 4) is 0 Å². The second-order valence-corrected chi connectivity index (χ2v) is 4.72. The molecule has 1 fully saturated rings. The molecule has 0 atom stereocenters. The molecule has 0 bridgehead atoms. The molecular formula is C12H20N4O2. The predicted octanol–water partition coefficient (Wildman–Crippen LogP) is -0.153. The van der Waals surface area contributed by atoms with Gasteiger partial charge in [0.2, 0.25) is 5.91 Å². The Balaban J connectivity index is 1.68. The third-order valence-corrected chi connectivity index (χ3v) is 3.12. The second kappa shape index (κ2) is 5.97. The van der Waals surface area contributed by atoms with Gasteiger partial charge in [0, 0.05) is 38.8 Å². The first-order valence-corrected chi connectivity index (χ1v) is 6.24. The van der Waals surface area contributed by atoms with E-state index in [9.17, 15) is 4.79 Å². The van der Waals surface area contributed by atoms with E-state index in [1.165, 1.54) is 0 Å². The van der Waals surface area contributed by atoms with Crippen LogP contribution in [0.1, 0.15) is 11.5 Å². The number of rotatable bonds is 4. The van der Waals surface area contributed by atoms with Crippen LogP contribution in [0.5, 0.6) is 0 Å². The Kier molecular flexibility index (Phi) is 4.33. The first-order valence-electron chi connectivity index (χ1n) is 6.24. The van der Waals surface area contributed by atoms with Crippen LogP contribution in [0.3, 0.4) is 0 Å². The lowest BCUT2D eigenvalue weighted by atomic mass is 10.3. The molecule has 0 radical (unpaired) electrons. The van der Waals surface area contributed by atoms with Crippen molar-refractivity contribution in [2.45, 2.75) is 13.5 Å². The number of hydrogen-bond acceptors (Lipinski definition) is 5. The van der Waals surface area contributed by atoms with Crippen LogP contribution < -0.4 is 5.32 Å². The lowest BCUT2D eigenvalue weighted by molar-refractivity contribution is -0.131. The monoisotopic (exact) mass is 252 g/mol. The van der Waals surface area contributed by atoms with Crippen molar-refractivity contribution in [1.82, 2.24) is 20.3 Å².